The van der Waals surface area contributed by atoms with Crippen molar-refractivity contribution in [2.45, 2.75) is 52.7 Å². The molecule has 4 nitrogen and oxygen atoms in total. The highest BCUT2D eigenvalue weighted by Gasteiger charge is 2.18. The van der Waals surface area contributed by atoms with Crippen molar-refractivity contribution in [3.63, 3.8) is 0 Å². The summed E-state index contributed by atoms with van der Waals surface area (Å²) in [5.41, 5.74) is 0.515. The molecule has 1 N–H and O–H groups in total. The minimum absolute atomic E-state index is 0.0667. The molecular weight excluding hydrogens is 290 g/mol. The fraction of sp³-hybridized carbons (Fsp3) is 0.500. The van der Waals surface area contributed by atoms with Gasteiger partial charge in [0.15, 0.2) is 11.9 Å². The quantitative estimate of drug-likeness (QED) is 0.783. The number of ether oxygens (including phenoxy) is 1. The van der Waals surface area contributed by atoms with Gasteiger partial charge in [-0.3, -0.25) is 9.59 Å². The number of carbonyl (C=O) groups is 2. The van der Waals surface area contributed by atoms with Gasteiger partial charge in [0.25, 0.3) is 5.91 Å². The highest BCUT2D eigenvalue weighted by atomic mass is 35.5. The van der Waals surface area contributed by atoms with E-state index in [1.54, 1.807) is 25.1 Å². The second-order valence-corrected chi connectivity index (χ2v) is 5.39. The standard InChI is InChI=1S/C16H22ClNO3/c1-5-13(6-2)18-16(20)11(4)21-15-8-7-12(10(3)19)9-14(15)17/h7-9,11,13H,5-6H2,1-4H3,(H,18,20). The Bertz CT molecular complexity index is 512. The van der Waals surface area contributed by atoms with Gasteiger partial charge in [0.1, 0.15) is 5.75 Å². The van der Waals surface area contributed by atoms with E-state index in [1.807, 2.05) is 13.8 Å². The van der Waals surface area contributed by atoms with E-state index in [0.29, 0.717) is 16.3 Å². The number of hydrogen-bond acceptors (Lipinski definition) is 3. The van der Waals surface area contributed by atoms with Crippen LogP contribution in [-0.4, -0.2) is 23.8 Å². The summed E-state index contributed by atoms with van der Waals surface area (Å²) in [7, 11) is 0. The van der Waals surface area contributed by atoms with Crippen LogP contribution in [0.25, 0.3) is 0 Å². The number of halogens is 1. The molecule has 0 aliphatic rings. The van der Waals surface area contributed by atoms with Crippen LogP contribution < -0.4 is 10.1 Å². The smallest absolute Gasteiger partial charge is 0.260 e. The monoisotopic (exact) mass is 311 g/mol. The summed E-state index contributed by atoms with van der Waals surface area (Å²) in [6, 6.07) is 4.94. The van der Waals surface area contributed by atoms with Crippen LogP contribution in [-0.2, 0) is 4.79 Å². The van der Waals surface area contributed by atoms with Gasteiger partial charge in [-0.05, 0) is 44.9 Å². The Hall–Kier alpha value is -1.55. The molecule has 116 valence electrons. The third kappa shape index (κ3) is 5.05. The number of rotatable bonds is 7. The lowest BCUT2D eigenvalue weighted by Gasteiger charge is -2.20. The largest absolute Gasteiger partial charge is 0.479 e. The molecule has 0 radical (unpaired) electrons. The summed E-state index contributed by atoms with van der Waals surface area (Å²) in [6.07, 6.45) is 1.11. The number of amides is 1. The first kappa shape index (κ1) is 17.5. The second-order valence-electron chi connectivity index (χ2n) is 4.98. The van der Waals surface area contributed by atoms with Crippen molar-refractivity contribution in [1.82, 2.24) is 5.32 Å². The van der Waals surface area contributed by atoms with Crippen LogP contribution in [0.5, 0.6) is 5.75 Å². The first-order valence-corrected chi connectivity index (χ1v) is 7.54. The summed E-state index contributed by atoms with van der Waals surface area (Å²) in [6.45, 7) is 7.19. The summed E-state index contributed by atoms with van der Waals surface area (Å²) in [5.74, 6) is 0.159. The molecule has 0 aliphatic heterocycles. The maximum Gasteiger partial charge on any atom is 0.260 e. The third-order valence-electron chi connectivity index (χ3n) is 3.34. The Balaban J connectivity index is 2.72. The molecule has 0 saturated heterocycles. The molecule has 0 aliphatic carbocycles. The Labute approximate surface area is 130 Å². The van der Waals surface area contributed by atoms with Gasteiger partial charge in [-0.25, -0.2) is 0 Å². The minimum atomic E-state index is -0.647. The number of hydrogen-bond donors (Lipinski definition) is 1. The first-order valence-electron chi connectivity index (χ1n) is 7.16. The fourth-order valence-electron chi connectivity index (χ4n) is 1.87. The van der Waals surface area contributed by atoms with E-state index in [1.165, 1.54) is 6.92 Å². The second kappa shape index (κ2) is 8.03. The maximum absolute atomic E-state index is 12.0. The SMILES string of the molecule is CCC(CC)NC(=O)C(C)Oc1ccc(C(C)=O)cc1Cl. The van der Waals surface area contributed by atoms with E-state index in [2.05, 4.69) is 5.32 Å². The maximum atomic E-state index is 12.0. The van der Waals surface area contributed by atoms with Gasteiger partial charge >= 0.3 is 0 Å². The molecule has 0 saturated carbocycles. The van der Waals surface area contributed by atoms with Gasteiger partial charge in [0, 0.05) is 11.6 Å². The average molecular weight is 312 g/mol. The molecule has 1 atom stereocenters. The topological polar surface area (TPSA) is 55.4 Å². The molecule has 0 spiro atoms. The number of carbonyl (C=O) groups excluding carboxylic acids is 2. The molecule has 1 amide bonds. The predicted molar refractivity (Wildman–Crippen MR) is 84.1 cm³/mol. The number of Topliss-reactive ketones (excluding diaryl/α,β-unsaturated/α-hetero) is 1. The van der Waals surface area contributed by atoms with Crippen molar-refractivity contribution in [2.24, 2.45) is 0 Å². The van der Waals surface area contributed by atoms with E-state index in [0.717, 1.165) is 12.8 Å². The van der Waals surface area contributed by atoms with E-state index in [9.17, 15) is 9.59 Å². The molecule has 5 heteroatoms. The zero-order valence-corrected chi connectivity index (χ0v) is 13.7. The van der Waals surface area contributed by atoms with Gasteiger partial charge in [0.2, 0.25) is 0 Å². The Morgan fingerprint density at radius 2 is 1.90 bits per heavy atom. The Morgan fingerprint density at radius 1 is 1.29 bits per heavy atom. The van der Waals surface area contributed by atoms with Gasteiger partial charge in [-0.1, -0.05) is 25.4 Å². The van der Waals surface area contributed by atoms with Gasteiger partial charge in [-0.15, -0.1) is 0 Å². The third-order valence-corrected chi connectivity index (χ3v) is 3.64. The van der Waals surface area contributed by atoms with E-state index in [4.69, 9.17) is 16.3 Å². The van der Waals surface area contributed by atoms with E-state index < -0.39 is 6.10 Å². The van der Waals surface area contributed by atoms with Crippen molar-refractivity contribution in [2.75, 3.05) is 0 Å². The zero-order chi connectivity index (χ0) is 16.0. The van der Waals surface area contributed by atoms with Crippen molar-refractivity contribution in [1.29, 1.82) is 0 Å². The molecule has 1 aromatic carbocycles. The highest BCUT2D eigenvalue weighted by molar-refractivity contribution is 6.32. The van der Waals surface area contributed by atoms with Gasteiger partial charge in [-0.2, -0.15) is 0 Å². The van der Waals surface area contributed by atoms with E-state index in [-0.39, 0.29) is 17.7 Å². The van der Waals surface area contributed by atoms with Crippen LogP contribution in [0, 0.1) is 0 Å². The van der Waals surface area contributed by atoms with Crippen molar-refractivity contribution in [3.05, 3.63) is 28.8 Å². The minimum Gasteiger partial charge on any atom is -0.479 e. The van der Waals surface area contributed by atoms with Crippen LogP contribution in [0.2, 0.25) is 5.02 Å². The molecule has 21 heavy (non-hydrogen) atoms. The molecule has 0 bridgehead atoms. The number of nitrogens with one attached hydrogen (secondary N) is 1. The Kier molecular flexibility index (Phi) is 6.69. The number of benzene rings is 1. The molecule has 1 unspecified atom stereocenters. The summed E-state index contributed by atoms with van der Waals surface area (Å²) < 4.78 is 5.58. The van der Waals surface area contributed by atoms with Crippen molar-refractivity contribution in [3.8, 4) is 5.75 Å². The van der Waals surface area contributed by atoms with Crippen LogP contribution in [0.3, 0.4) is 0 Å². The molecule has 0 heterocycles. The fourth-order valence-corrected chi connectivity index (χ4v) is 2.10. The lowest BCUT2D eigenvalue weighted by molar-refractivity contribution is -0.128. The lowest BCUT2D eigenvalue weighted by Crippen LogP contribution is -2.42. The van der Waals surface area contributed by atoms with Gasteiger partial charge < -0.3 is 10.1 Å². The number of ketones is 1. The predicted octanol–water partition coefficient (Wildman–Crippen LogP) is 3.61. The molecular formula is C16H22ClNO3. The zero-order valence-electron chi connectivity index (χ0n) is 12.9. The molecule has 0 aromatic heterocycles. The van der Waals surface area contributed by atoms with Crippen molar-refractivity contribution >= 4 is 23.3 Å². The van der Waals surface area contributed by atoms with E-state index >= 15 is 0 Å². The average Bonchev–Trinajstić information content (AvgIpc) is 2.46. The molecule has 0 fully saturated rings. The normalized spacial score (nSPS) is 12.1. The van der Waals surface area contributed by atoms with Crippen LogP contribution in [0.15, 0.2) is 18.2 Å². The molecule has 1 rings (SSSR count). The van der Waals surface area contributed by atoms with Gasteiger partial charge in [0.05, 0.1) is 5.02 Å². The summed E-state index contributed by atoms with van der Waals surface area (Å²) in [5, 5.41) is 3.25. The van der Waals surface area contributed by atoms with Crippen molar-refractivity contribution < 1.29 is 14.3 Å². The van der Waals surface area contributed by atoms with Crippen LogP contribution >= 0.6 is 11.6 Å². The summed E-state index contributed by atoms with van der Waals surface area (Å²) >= 11 is 6.07. The van der Waals surface area contributed by atoms with Crippen LogP contribution in [0.1, 0.15) is 50.9 Å². The van der Waals surface area contributed by atoms with Crippen LogP contribution in [0.4, 0.5) is 0 Å². The Morgan fingerprint density at radius 3 is 2.38 bits per heavy atom. The first-order chi connectivity index (χ1) is 9.88. The molecule has 1 aromatic rings. The summed E-state index contributed by atoms with van der Waals surface area (Å²) in [4.78, 5) is 23.3. The lowest BCUT2D eigenvalue weighted by atomic mass is 10.1. The highest BCUT2D eigenvalue weighted by Crippen LogP contribution is 2.26.